The third-order valence-corrected chi connectivity index (χ3v) is 7.07. The molecule has 0 aliphatic carbocycles. The Bertz CT molecular complexity index is 1150. The molecule has 4 heterocycles. The van der Waals surface area contributed by atoms with Crippen LogP contribution in [0.15, 0.2) is 29.9 Å². The molecule has 0 amide bonds. The summed E-state index contributed by atoms with van der Waals surface area (Å²) in [6.07, 6.45) is 2.75. The van der Waals surface area contributed by atoms with Gasteiger partial charge in [0.2, 0.25) is 0 Å². The Kier molecular flexibility index (Phi) is 4.07. The Hall–Kier alpha value is -2.16. The van der Waals surface area contributed by atoms with Gasteiger partial charge < -0.3 is 10.6 Å². The molecule has 1 aliphatic rings. The van der Waals surface area contributed by atoms with Gasteiger partial charge in [-0.05, 0) is 38.1 Å². The Morgan fingerprint density at radius 2 is 2.15 bits per heavy atom. The van der Waals surface area contributed by atoms with Crippen molar-refractivity contribution in [3.8, 4) is 0 Å². The standard InChI is InChI=1S/C19H16F2N4S2/c1-9-10(2-4-22-9)14-6-11-13(3-5-23-19(11)27-14)25-17-12(20)7-15-18(16(17)21)24-8-26-15/h3,5-10,22H,2,4H2,1H3,(H,23,25)/t9-,10+/m1/s1. The van der Waals surface area contributed by atoms with Crippen molar-refractivity contribution < 1.29 is 8.78 Å². The van der Waals surface area contributed by atoms with Crippen molar-refractivity contribution in [2.45, 2.75) is 25.3 Å². The lowest BCUT2D eigenvalue weighted by Gasteiger charge is -2.12. The second-order valence-corrected chi connectivity index (χ2v) is 8.68. The lowest BCUT2D eigenvalue weighted by atomic mass is 10.00. The topological polar surface area (TPSA) is 49.8 Å². The number of thiazole rings is 1. The van der Waals surface area contributed by atoms with Crippen LogP contribution in [0.25, 0.3) is 20.4 Å². The second-order valence-electron chi connectivity index (χ2n) is 6.74. The van der Waals surface area contributed by atoms with Crippen LogP contribution in [0.5, 0.6) is 0 Å². The molecule has 0 radical (unpaired) electrons. The molecule has 4 aromatic rings. The fourth-order valence-corrected chi connectivity index (χ4v) is 5.64. The van der Waals surface area contributed by atoms with Crippen LogP contribution in [0.4, 0.5) is 20.2 Å². The van der Waals surface area contributed by atoms with Gasteiger partial charge in [0.1, 0.15) is 16.0 Å². The fourth-order valence-electron chi connectivity index (χ4n) is 3.68. The van der Waals surface area contributed by atoms with E-state index in [0.717, 1.165) is 23.2 Å². The maximum Gasteiger partial charge on any atom is 0.176 e. The summed E-state index contributed by atoms with van der Waals surface area (Å²) < 4.78 is 29.8. The van der Waals surface area contributed by atoms with Gasteiger partial charge in [-0.1, -0.05) is 0 Å². The zero-order chi connectivity index (χ0) is 18.5. The molecule has 8 heteroatoms. The number of nitrogens with zero attached hydrogens (tertiary/aromatic N) is 2. The summed E-state index contributed by atoms with van der Waals surface area (Å²) in [4.78, 5) is 10.6. The van der Waals surface area contributed by atoms with Gasteiger partial charge in [-0.25, -0.2) is 18.7 Å². The van der Waals surface area contributed by atoms with Crippen molar-refractivity contribution in [1.29, 1.82) is 0 Å². The fraction of sp³-hybridized carbons (Fsp3) is 0.263. The molecule has 27 heavy (non-hydrogen) atoms. The second kappa shape index (κ2) is 6.47. The van der Waals surface area contributed by atoms with E-state index in [2.05, 4.69) is 33.6 Å². The number of pyridine rings is 1. The molecule has 5 rings (SSSR count). The first-order chi connectivity index (χ1) is 13.1. The smallest absolute Gasteiger partial charge is 0.176 e. The number of hydrogen-bond acceptors (Lipinski definition) is 6. The van der Waals surface area contributed by atoms with Crippen LogP contribution in [-0.2, 0) is 0 Å². The summed E-state index contributed by atoms with van der Waals surface area (Å²) in [5.41, 5.74) is 2.17. The van der Waals surface area contributed by atoms with Crippen molar-refractivity contribution in [3.05, 3.63) is 46.4 Å². The summed E-state index contributed by atoms with van der Waals surface area (Å²) in [7, 11) is 0. The van der Waals surface area contributed by atoms with E-state index in [0.29, 0.717) is 22.3 Å². The zero-order valence-corrected chi connectivity index (χ0v) is 16.1. The van der Waals surface area contributed by atoms with Crippen molar-refractivity contribution in [2.75, 3.05) is 11.9 Å². The first kappa shape index (κ1) is 17.0. The third-order valence-electron chi connectivity index (χ3n) is 5.12. The van der Waals surface area contributed by atoms with E-state index in [-0.39, 0.29) is 11.2 Å². The molecule has 0 spiro atoms. The molecule has 0 saturated carbocycles. The number of halogens is 2. The predicted molar refractivity (Wildman–Crippen MR) is 107 cm³/mol. The van der Waals surface area contributed by atoms with Crippen LogP contribution >= 0.6 is 22.7 Å². The maximum atomic E-state index is 14.8. The van der Waals surface area contributed by atoms with Crippen LogP contribution in [-0.4, -0.2) is 22.6 Å². The highest BCUT2D eigenvalue weighted by Gasteiger charge is 2.26. The molecule has 3 aromatic heterocycles. The molecule has 1 fully saturated rings. The zero-order valence-electron chi connectivity index (χ0n) is 14.4. The number of rotatable bonds is 3. The number of nitrogens with one attached hydrogen (secondary N) is 2. The minimum Gasteiger partial charge on any atom is -0.350 e. The van der Waals surface area contributed by atoms with E-state index >= 15 is 0 Å². The van der Waals surface area contributed by atoms with Crippen molar-refractivity contribution >= 4 is 54.5 Å². The summed E-state index contributed by atoms with van der Waals surface area (Å²) in [6, 6.07) is 5.58. The van der Waals surface area contributed by atoms with Crippen molar-refractivity contribution in [3.63, 3.8) is 0 Å². The highest BCUT2D eigenvalue weighted by molar-refractivity contribution is 7.18. The summed E-state index contributed by atoms with van der Waals surface area (Å²) in [6.45, 7) is 3.19. The molecule has 1 aliphatic heterocycles. The maximum absolute atomic E-state index is 14.8. The van der Waals surface area contributed by atoms with Crippen LogP contribution < -0.4 is 10.6 Å². The van der Waals surface area contributed by atoms with Crippen molar-refractivity contribution in [1.82, 2.24) is 15.3 Å². The van der Waals surface area contributed by atoms with E-state index in [9.17, 15) is 8.78 Å². The molecule has 1 aromatic carbocycles. The predicted octanol–water partition coefficient (Wildman–Crippen LogP) is 5.39. The molecule has 138 valence electrons. The molecule has 0 bridgehead atoms. The van der Waals surface area contributed by atoms with Crippen LogP contribution in [0, 0.1) is 11.6 Å². The Morgan fingerprint density at radius 3 is 2.96 bits per heavy atom. The molecule has 4 nitrogen and oxygen atoms in total. The molecular formula is C19H16F2N4S2. The van der Waals surface area contributed by atoms with Gasteiger partial charge in [-0.15, -0.1) is 22.7 Å². The minimum absolute atomic E-state index is 0.176. The van der Waals surface area contributed by atoms with Gasteiger partial charge in [0.05, 0.1) is 15.9 Å². The van der Waals surface area contributed by atoms with Gasteiger partial charge in [-0.2, -0.15) is 0 Å². The van der Waals surface area contributed by atoms with Gasteiger partial charge >= 0.3 is 0 Å². The molecule has 1 saturated heterocycles. The van der Waals surface area contributed by atoms with Crippen molar-refractivity contribution in [2.24, 2.45) is 0 Å². The largest absolute Gasteiger partial charge is 0.350 e. The highest BCUT2D eigenvalue weighted by Crippen LogP contribution is 2.39. The molecule has 2 N–H and O–H groups in total. The third kappa shape index (κ3) is 2.79. The Balaban J connectivity index is 1.58. The van der Waals surface area contributed by atoms with Gasteiger partial charge in [0.25, 0.3) is 0 Å². The first-order valence-corrected chi connectivity index (χ1v) is 10.4. The number of hydrogen-bond donors (Lipinski definition) is 2. The van der Waals surface area contributed by atoms with E-state index in [4.69, 9.17) is 0 Å². The number of aromatic nitrogens is 2. The molecule has 0 unspecified atom stereocenters. The van der Waals surface area contributed by atoms with Gasteiger partial charge in [-0.3, -0.25) is 0 Å². The van der Waals surface area contributed by atoms with Gasteiger partial charge in [0.15, 0.2) is 11.6 Å². The first-order valence-electron chi connectivity index (χ1n) is 8.72. The average molecular weight is 402 g/mol. The van der Waals surface area contributed by atoms with Crippen LogP contribution in [0.3, 0.4) is 0 Å². The summed E-state index contributed by atoms with van der Waals surface area (Å²) in [5, 5.41) is 7.29. The number of benzene rings is 1. The Morgan fingerprint density at radius 1 is 1.26 bits per heavy atom. The summed E-state index contributed by atoms with van der Waals surface area (Å²) >= 11 is 2.86. The normalized spacial score (nSPS) is 20.0. The number of thiophene rings is 1. The Labute approximate surface area is 162 Å². The van der Waals surface area contributed by atoms with E-state index in [1.165, 1.54) is 27.8 Å². The quantitative estimate of drug-likeness (QED) is 0.482. The SMILES string of the molecule is C[C@H]1NCC[C@@H]1c1cc2c(Nc3c(F)cc4scnc4c3F)ccnc2s1. The highest BCUT2D eigenvalue weighted by atomic mass is 32.1. The van der Waals surface area contributed by atoms with E-state index in [1.54, 1.807) is 23.6 Å². The number of anilines is 2. The number of fused-ring (bicyclic) bond motifs is 2. The van der Waals surface area contributed by atoms with Crippen LogP contribution in [0.2, 0.25) is 0 Å². The van der Waals surface area contributed by atoms with Crippen LogP contribution in [0.1, 0.15) is 24.1 Å². The van der Waals surface area contributed by atoms with Gasteiger partial charge in [0, 0.05) is 28.4 Å². The minimum atomic E-state index is -0.666. The molecular weight excluding hydrogens is 386 g/mol. The molecule has 2 atom stereocenters. The van der Waals surface area contributed by atoms with E-state index < -0.39 is 11.6 Å². The lowest BCUT2D eigenvalue weighted by Crippen LogP contribution is -2.20. The summed E-state index contributed by atoms with van der Waals surface area (Å²) in [5.74, 6) is -0.851. The monoisotopic (exact) mass is 402 g/mol. The lowest BCUT2D eigenvalue weighted by molar-refractivity contribution is 0.598. The average Bonchev–Trinajstić information content (AvgIpc) is 3.37. The van der Waals surface area contributed by atoms with E-state index in [1.807, 2.05) is 0 Å².